The first-order chi connectivity index (χ1) is 24.4. The van der Waals surface area contributed by atoms with E-state index in [1.54, 1.807) is 7.11 Å². The second-order valence-corrected chi connectivity index (χ2v) is 13.6. The van der Waals surface area contributed by atoms with Crippen molar-refractivity contribution in [2.45, 2.75) is 187 Å². The second-order valence-electron chi connectivity index (χ2n) is 13.6. The fourth-order valence-electron chi connectivity index (χ4n) is 5.64. The highest BCUT2D eigenvalue weighted by atomic mass is 16.6. The number of rotatable bonds is 38. The van der Waals surface area contributed by atoms with Gasteiger partial charge in [-0.1, -0.05) is 142 Å². The maximum atomic E-state index is 12.6. The van der Waals surface area contributed by atoms with Crippen LogP contribution in [0.25, 0.3) is 0 Å². The van der Waals surface area contributed by atoms with E-state index in [9.17, 15) is 19.2 Å². The third-order valence-electron chi connectivity index (χ3n) is 8.80. The molecule has 10 nitrogen and oxygen atoms in total. The van der Waals surface area contributed by atoms with Crippen LogP contribution in [0.5, 0.6) is 0 Å². The number of esters is 2. The summed E-state index contributed by atoms with van der Waals surface area (Å²) in [7, 11) is 1.59. The molecule has 0 aromatic heterocycles. The Bertz CT molecular complexity index is 810. The van der Waals surface area contributed by atoms with Crippen LogP contribution < -0.4 is 10.6 Å². The van der Waals surface area contributed by atoms with Crippen LogP contribution in [0.15, 0.2) is 0 Å². The summed E-state index contributed by atoms with van der Waals surface area (Å²) in [6.45, 7) is 6.05. The number of hydrogen-bond acceptors (Lipinski definition) is 8. The van der Waals surface area contributed by atoms with Gasteiger partial charge in [0.15, 0.2) is 6.10 Å². The van der Waals surface area contributed by atoms with E-state index >= 15 is 0 Å². The smallest absolute Gasteiger partial charge is 0.306 e. The molecule has 2 N–H and O–H groups in total. The van der Waals surface area contributed by atoms with Gasteiger partial charge in [0.2, 0.25) is 11.8 Å². The number of ether oxygens (including phenoxy) is 4. The molecule has 0 spiro atoms. The van der Waals surface area contributed by atoms with Gasteiger partial charge in [0.25, 0.3) is 0 Å². The van der Waals surface area contributed by atoms with Crippen molar-refractivity contribution >= 4 is 23.8 Å². The summed E-state index contributed by atoms with van der Waals surface area (Å²) < 4.78 is 21.3. The van der Waals surface area contributed by atoms with E-state index in [2.05, 4.69) is 24.5 Å². The molecule has 10 heteroatoms. The van der Waals surface area contributed by atoms with Gasteiger partial charge in [-0.05, 0) is 12.8 Å². The van der Waals surface area contributed by atoms with Crippen molar-refractivity contribution in [3.63, 3.8) is 0 Å². The summed E-state index contributed by atoms with van der Waals surface area (Å²) in [4.78, 5) is 49.6. The normalized spacial score (nSPS) is 11.7. The summed E-state index contributed by atoms with van der Waals surface area (Å²) in [6.07, 6.45) is 26.2. The minimum absolute atomic E-state index is 0.00554. The molecule has 0 aliphatic rings. The van der Waals surface area contributed by atoms with Crippen LogP contribution in [-0.2, 0) is 38.1 Å². The molecule has 0 aliphatic heterocycles. The van der Waals surface area contributed by atoms with Crippen LogP contribution in [0, 0.1) is 0 Å². The highest BCUT2D eigenvalue weighted by molar-refractivity contribution is 5.83. The molecular formula is C40H76N2O8. The summed E-state index contributed by atoms with van der Waals surface area (Å²) in [5.41, 5.74) is 0. The average Bonchev–Trinajstić information content (AvgIpc) is 3.11. The number of carbonyl (C=O) groups excluding carboxylic acids is 4. The van der Waals surface area contributed by atoms with Crippen LogP contribution in [0.1, 0.15) is 181 Å². The predicted octanol–water partition coefficient (Wildman–Crippen LogP) is 8.52. The first kappa shape index (κ1) is 47.8. The Hall–Kier alpha value is -2.20. The van der Waals surface area contributed by atoms with E-state index in [1.807, 2.05) is 0 Å². The van der Waals surface area contributed by atoms with Crippen molar-refractivity contribution < 1.29 is 38.1 Å². The molecule has 2 amide bonds. The van der Waals surface area contributed by atoms with Crippen LogP contribution >= 0.6 is 0 Å². The molecule has 1 atom stereocenters. The topological polar surface area (TPSA) is 129 Å². The Morgan fingerprint density at radius 3 is 1.42 bits per heavy atom. The zero-order chi connectivity index (χ0) is 36.8. The minimum Gasteiger partial charge on any atom is -0.462 e. The van der Waals surface area contributed by atoms with E-state index in [1.165, 1.54) is 103 Å². The lowest BCUT2D eigenvalue weighted by atomic mass is 10.1. The molecule has 0 aromatic rings. The standard InChI is InChI=1S/C40H76N2O8/c1-4-6-8-10-12-14-16-18-20-22-24-26-39(45)49-35-36(34-42-38(44)29-28-37(43)41-30-31-48-33-32-47-3)50-40(46)27-25-23-21-19-17-15-13-11-9-7-5-2/h36H,4-35H2,1-3H3,(H,41,43)(H,42,44). The summed E-state index contributed by atoms with van der Waals surface area (Å²) in [5, 5.41) is 5.45. The van der Waals surface area contributed by atoms with E-state index < -0.39 is 6.10 Å². The van der Waals surface area contributed by atoms with Crippen molar-refractivity contribution in [2.24, 2.45) is 0 Å². The minimum atomic E-state index is -0.779. The molecule has 294 valence electrons. The van der Waals surface area contributed by atoms with E-state index in [-0.39, 0.29) is 49.7 Å². The number of carbonyl (C=O) groups is 4. The third kappa shape index (κ3) is 35.6. The quantitative estimate of drug-likeness (QED) is 0.0482. The molecule has 0 aromatic carbocycles. The lowest BCUT2D eigenvalue weighted by molar-refractivity contribution is -0.159. The molecule has 0 radical (unpaired) electrons. The molecule has 0 heterocycles. The largest absolute Gasteiger partial charge is 0.462 e. The fraction of sp³-hybridized carbons (Fsp3) is 0.900. The van der Waals surface area contributed by atoms with Crippen molar-refractivity contribution in [1.29, 1.82) is 0 Å². The number of hydrogen-bond donors (Lipinski definition) is 2. The van der Waals surface area contributed by atoms with Gasteiger partial charge in [-0.3, -0.25) is 19.2 Å². The Balaban J connectivity index is 4.43. The fourth-order valence-corrected chi connectivity index (χ4v) is 5.64. The van der Waals surface area contributed by atoms with Gasteiger partial charge in [0.05, 0.1) is 26.4 Å². The summed E-state index contributed by atoms with van der Waals surface area (Å²) >= 11 is 0. The monoisotopic (exact) mass is 713 g/mol. The highest BCUT2D eigenvalue weighted by Gasteiger charge is 2.18. The predicted molar refractivity (Wildman–Crippen MR) is 201 cm³/mol. The van der Waals surface area contributed by atoms with E-state index in [4.69, 9.17) is 18.9 Å². The van der Waals surface area contributed by atoms with E-state index in [0.29, 0.717) is 39.2 Å². The number of unbranched alkanes of at least 4 members (excludes halogenated alkanes) is 20. The molecule has 0 rings (SSSR count). The van der Waals surface area contributed by atoms with Gasteiger partial charge in [-0.15, -0.1) is 0 Å². The maximum Gasteiger partial charge on any atom is 0.306 e. The Morgan fingerprint density at radius 2 is 0.940 bits per heavy atom. The molecule has 0 bridgehead atoms. The van der Waals surface area contributed by atoms with Gasteiger partial charge in [-0.2, -0.15) is 0 Å². The Kier molecular flexibility index (Phi) is 36.4. The summed E-state index contributed by atoms with van der Waals surface area (Å²) in [5.74, 6) is -1.26. The van der Waals surface area contributed by atoms with Crippen molar-refractivity contribution in [2.75, 3.05) is 46.6 Å². The number of nitrogens with one attached hydrogen (secondary N) is 2. The lowest BCUT2D eigenvalue weighted by Gasteiger charge is -2.19. The lowest BCUT2D eigenvalue weighted by Crippen LogP contribution is -2.38. The Labute approximate surface area is 305 Å². The van der Waals surface area contributed by atoms with Crippen LogP contribution in [-0.4, -0.2) is 76.5 Å². The molecule has 0 fully saturated rings. The SMILES string of the molecule is CCCCCCCCCCCCCC(=O)OCC(CNC(=O)CCC(=O)NCCOCCOC)OC(=O)CCCCCCCCCCCCC. The van der Waals surface area contributed by atoms with Gasteiger partial charge in [0.1, 0.15) is 6.61 Å². The van der Waals surface area contributed by atoms with Gasteiger partial charge >= 0.3 is 11.9 Å². The maximum absolute atomic E-state index is 12.6. The third-order valence-corrected chi connectivity index (χ3v) is 8.80. The number of methoxy groups -OCH3 is 1. The molecular weight excluding hydrogens is 636 g/mol. The molecule has 1 unspecified atom stereocenters. The zero-order valence-electron chi connectivity index (χ0n) is 32.5. The van der Waals surface area contributed by atoms with Crippen LogP contribution in [0.3, 0.4) is 0 Å². The first-order valence-electron chi connectivity index (χ1n) is 20.4. The molecule has 0 aliphatic carbocycles. The van der Waals surface area contributed by atoms with Crippen molar-refractivity contribution in [3.8, 4) is 0 Å². The first-order valence-corrected chi connectivity index (χ1v) is 20.4. The van der Waals surface area contributed by atoms with Gasteiger partial charge < -0.3 is 29.6 Å². The second kappa shape index (κ2) is 38.0. The highest BCUT2D eigenvalue weighted by Crippen LogP contribution is 2.14. The van der Waals surface area contributed by atoms with Gasteiger partial charge in [0, 0.05) is 39.3 Å². The zero-order valence-corrected chi connectivity index (χ0v) is 32.5. The molecule has 50 heavy (non-hydrogen) atoms. The average molecular weight is 713 g/mol. The van der Waals surface area contributed by atoms with Crippen LogP contribution in [0.4, 0.5) is 0 Å². The van der Waals surface area contributed by atoms with Crippen molar-refractivity contribution in [3.05, 3.63) is 0 Å². The van der Waals surface area contributed by atoms with Gasteiger partial charge in [-0.25, -0.2) is 0 Å². The van der Waals surface area contributed by atoms with E-state index in [0.717, 1.165) is 38.5 Å². The summed E-state index contributed by atoms with van der Waals surface area (Å²) in [6, 6.07) is 0. The van der Waals surface area contributed by atoms with Crippen LogP contribution in [0.2, 0.25) is 0 Å². The molecule has 0 saturated carbocycles. The molecule has 0 saturated heterocycles. The Morgan fingerprint density at radius 1 is 0.500 bits per heavy atom. The van der Waals surface area contributed by atoms with Crippen molar-refractivity contribution in [1.82, 2.24) is 10.6 Å². The number of amides is 2.